The predicted molar refractivity (Wildman–Crippen MR) is 111 cm³/mol. The summed E-state index contributed by atoms with van der Waals surface area (Å²) in [5.74, 6) is -0.931. The molecule has 1 atom stereocenters. The van der Waals surface area contributed by atoms with E-state index in [1.54, 1.807) is 0 Å². The van der Waals surface area contributed by atoms with Crippen molar-refractivity contribution in [2.45, 2.75) is 44.6 Å². The van der Waals surface area contributed by atoms with Crippen molar-refractivity contribution in [2.75, 3.05) is 66.0 Å². The highest BCUT2D eigenvalue weighted by Crippen LogP contribution is 2.18. The molecular formula is C20H37N5O4. The van der Waals surface area contributed by atoms with Crippen molar-refractivity contribution in [3.05, 3.63) is 0 Å². The average Bonchev–Trinajstić information content (AvgIpc) is 3.10. The topological polar surface area (TPSA) is 105 Å². The summed E-state index contributed by atoms with van der Waals surface area (Å²) < 4.78 is 0. The van der Waals surface area contributed by atoms with Gasteiger partial charge < -0.3 is 20.6 Å². The molecule has 0 aromatic carbocycles. The fraction of sp³-hybridized carbons (Fsp3) is 0.850. The number of aliphatic carboxylic acids is 1. The van der Waals surface area contributed by atoms with Crippen LogP contribution >= 0.6 is 0 Å². The lowest BCUT2D eigenvalue weighted by atomic mass is 10.2. The first-order valence-electron chi connectivity index (χ1n) is 10.8. The molecule has 0 radical (unpaired) electrons. The lowest BCUT2D eigenvalue weighted by molar-refractivity contribution is -0.137. The van der Waals surface area contributed by atoms with Crippen molar-refractivity contribution in [3.63, 3.8) is 0 Å². The zero-order valence-electron chi connectivity index (χ0n) is 17.7. The average molecular weight is 422 g/mol. The van der Waals surface area contributed by atoms with Gasteiger partial charge >= 0.3 is 5.97 Å². The van der Waals surface area contributed by atoms with Gasteiger partial charge in [-0.2, -0.15) is 0 Å². The molecule has 3 N–H and O–H groups in total. The fourth-order valence-corrected chi connectivity index (χ4v) is 3.91. The number of likely N-dealkylation sites (tertiary alicyclic amines) is 1. The second-order valence-electron chi connectivity index (χ2n) is 8.17. The van der Waals surface area contributed by atoms with Crippen molar-refractivity contribution < 1.29 is 19.5 Å². The van der Waals surface area contributed by atoms with Gasteiger partial charge in [-0.3, -0.25) is 24.2 Å². The van der Waals surface area contributed by atoms with Gasteiger partial charge in [0.2, 0.25) is 11.8 Å². The van der Waals surface area contributed by atoms with Crippen molar-refractivity contribution >= 4 is 17.8 Å². The van der Waals surface area contributed by atoms with Crippen LogP contribution in [0.4, 0.5) is 0 Å². The zero-order valence-corrected chi connectivity index (χ0v) is 17.7. The molecule has 166 valence electrons. The van der Waals surface area contributed by atoms with Crippen LogP contribution in [0.15, 0.2) is 0 Å². The molecule has 2 rings (SSSR count). The summed E-state index contributed by atoms with van der Waals surface area (Å²) in [4.78, 5) is 41.5. The van der Waals surface area contributed by atoms with Gasteiger partial charge in [-0.25, -0.2) is 0 Å². The molecule has 2 fully saturated rings. The van der Waals surface area contributed by atoms with E-state index < -0.39 is 5.97 Å². The Bertz CT molecular complexity index is 537. The smallest absolute Gasteiger partial charge is 0.303 e. The number of amides is 2. The van der Waals surface area contributed by atoms with Crippen LogP contribution in [-0.2, 0) is 14.4 Å². The Hall–Kier alpha value is -1.71. The summed E-state index contributed by atoms with van der Waals surface area (Å²) in [6.45, 7) is 7.74. The van der Waals surface area contributed by atoms with Gasteiger partial charge in [-0.15, -0.1) is 0 Å². The van der Waals surface area contributed by atoms with Crippen LogP contribution in [-0.4, -0.2) is 110 Å². The van der Waals surface area contributed by atoms with Gasteiger partial charge in [0.25, 0.3) is 0 Å². The maximum Gasteiger partial charge on any atom is 0.303 e. The van der Waals surface area contributed by atoms with Crippen molar-refractivity contribution in [2.24, 2.45) is 0 Å². The Labute approximate surface area is 173 Å². The quantitative estimate of drug-likeness (QED) is 0.223. The summed E-state index contributed by atoms with van der Waals surface area (Å²) in [5.41, 5.74) is 0. The minimum Gasteiger partial charge on any atom is -0.481 e. The molecule has 9 heteroatoms. The maximum atomic E-state index is 12.3. The number of hydrogen-bond acceptors (Lipinski definition) is 6. The van der Waals surface area contributed by atoms with E-state index in [2.05, 4.69) is 32.4 Å². The van der Waals surface area contributed by atoms with Gasteiger partial charge in [-0.1, -0.05) is 0 Å². The molecular weight excluding hydrogens is 385 g/mol. The van der Waals surface area contributed by atoms with Gasteiger partial charge in [0, 0.05) is 64.7 Å². The van der Waals surface area contributed by atoms with Gasteiger partial charge in [0.1, 0.15) is 0 Å². The number of carbonyl (C=O) groups excluding carboxylic acids is 2. The summed E-state index contributed by atoms with van der Waals surface area (Å²) in [6, 6.07) is 0.459. The van der Waals surface area contributed by atoms with Crippen molar-refractivity contribution in [1.29, 1.82) is 0 Å². The molecule has 0 saturated carbocycles. The lowest BCUT2D eigenvalue weighted by Gasteiger charge is -2.36. The van der Waals surface area contributed by atoms with Crippen LogP contribution < -0.4 is 10.6 Å². The minimum atomic E-state index is -0.856. The van der Waals surface area contributed by atoms with Crippen LogP contribution in [0.5, 0.6) is 0 Å². The van der Waals surface area contributed by atoms with E-state index in [0.717, 1.165) is 52.1 Å². The largest absolute Gasteiger partial charge is 0.481 e. The number of likely N-dealkylation sites (N-methyl/N-ethyl adjacent to an activating group) is 1. The molecule has 2 saturated heterocycles. The highest BCUT2D eigenvalue weighted by Gasteiger charge is 2.28. The lowest BCUT2D eigenvalue weighted by Crippen LogP contribution is -2.50. The van der Waals surface area contributed by atoms with Gasteiger partial charge in [0.15, 0.2) is 0 Å². The van der Waals surface area contributed by atoms with Gasteiger partial charge in [0.05, 0.1) is 6.54 Å². The van der Waals surface area contributed by atoms with E-state index in [1.807, 2.05) is 0 Å². The number of nitrogens with one attached hydrogen (secondary N) is 2. The highest BCUT2D eigenvalue weighted by molar-refractivity contribution is 5.78. The first-order valence-corrected chi connectivity index (χ1v) is 10.8. The Kier molecular flexibility index (Phi) is 10.4. The molecule has 2 aliphatic heterocycles. The molecule has 0 aliphatic carbocycles. The van der Waals surface area contributed by atoms with E-state index in [0.29, 0.717) is 44.9 Å². The van der Waals surface area contributed by atoms with Crippen LogP contribution in [0.1, 0.15) is 38.5 Å². The molecule has 0 aromatic heterocycles. The predicted octanol–water partition coefficient (Wildman–Crippen LogP) is -0.424. The standard InChI is InChI=1S/C20H37N5O4/c1-23-11-13-24(14-12-23)15-17-5-4-10-25(17)16-19(27)22-8-2-6-18(26)21-9-3-7-20(28)29/h17H,2-16H2,1H3,(H,21,26)(H,22,27)(H,28,29)/i4+1,5+1,10+1,11+1,13+1,15+1,16+1,17+1,23+1,24+1,25+1. The number of nitrogens with zero attached hydrogens (tertiary/aromatic N) is 3. The molecule has 0 aromatic rings. The third-order valence-electron chi connectivity index (χ3n) is 5.70. The summed E-state index contributed by atoms with van der Waals surface area (Å²) in [6.07, 6.45) is 3.71. The monoisotopic (exact) mass is 422 g/mol. The summed E-state index contributed by atoms with van der Waals surface area (Å²) in [5, 5.41) is 14.2. The second-order valence-corrected chi connectivity index (χ2v) is 8.17. The normalized spacial score (nSPS) is 21.2. The molecule has 1 unspecified atom stereocenters. The Balaban J connectivity index is 1.55. The number of carboxylic acid groups (broad SMARTS) is 1. The molecule has 29 heavy (non-hydrogen) atoms. The Morgan fingerprint density at radius 1 is 0.931 bits per heavy atom. The second kappa shape index (κ2) is 12.8. The third kappa shape index (κ3) is 9.56. The number of piperazine rings is 1. The van der Waals surface area contributed by atoms with Gasteiger partial charge in [-0.05, 0) is 39.3 Å². The molecule has 0 spiro atoms. The zero-order chi connectivity index (χ0) is 21.1. The Morgan fingerprint density at radius 3 is 2.28 bits per heavy atom. The number of carboxylic acids is 1. The Morgan fingerprint density at radius 2 is 1.59 bits per heavy atom. The summed E-state index contributed by atoms with van der Waals surface area (Å²) in [7, 11) is 2.16. The maximum absolute atomic E-state index is 12.3. The van der Waals surface area contributed by atoms with Crippen molar-refractivity contribution in [3.8, 4) is 0 Å². The van der Waals surface area contributed by atoms with Crippen LogP contribution in [0.25, 0.3) is 0 Å². The third-order valence-corrected chi connectivity index (χ3v) is 5.70. The van der Waals surface area contributed by atoms with E-state index in [-0.39, 0.29) is 18.2 Å². The molecule has 2 aliphatic rings. The molecule has 2 amide bonds. The minimum absolute atomic E-state index is 0.0251. The van der Waals surface area contributed by atoms with E-state index in [1.165, 1.54) is 0 Å². The first kappa shape index (κ1) is 23.6. The molecule has 2 heterocycles. The number of hydrogen-bond donors (Lipinski definition) is 3. The number of rotatable bonds is 12. The highest BCUT2D eigenvalue weighted by atomic mass is 16.4. The molecule has 9 nitrogen and oxygen atoms in total. The van der Waals surface area contributed by atoms with Crippen LogP contribution in [0, 0.1) is 0 Å². The summed E-state index contributed by atoms with van der Waals surface area (Å²) >= 11 is 0. The first-order chi connectivity index (χ1) is 13.9. The van der Waals surface area contributed by atoms with Crippen LogP contribution in [0.2, 0.25) is 0 Å². The number of carbonyl (C=O) groups is 3. The SMILES string of the molecule is C[15N]1CC[15N]([13CH2][13CH]2[13CH2][13CH2][13CH2][15N]2[13CH2]C(=O)NCCCC(=O)NCCCC(=O)O)[13CH2][13CH2]1. The van der Waals surface area contributed by atoms with E-state index >= 15 is 0 Å². The molecule has 0 bridgehead atoms. The van der Waals surface area contributed by atoms with E-state index in [9.17, 15) is 14.4 Å². The van der Waals surface area contributed by atoms with Crippen LogP contribution in [0.3, 0.4) is 0 Å². The van der Waals surface area contributed by atoms with E-state index in [4.69, 9.17) is 5.11 Å². The van der Waals surface area contributed by atoms with Crippen molar-refractivity contribution in [1.82, 2.24) is 25.3 Å². The fourth-order valence-electron chi connectivity index (χ4n) is 3.91.